The van der Waals surface area contributed by atoms with Crippen molar-refractivity contribution >= 4 is 65.0 Å². The quantitative estimate of drug-likeness (QED) is 0.148. The maximum Gasteiger partial charge on any atom is 0.248 e. The first kappa shape index (κ1) is 76.9. The average Bonchev–Trinajstić information content (AvgIpc) is 3.56. The minimum atomic E-state index is -1.59. The lowest BCUT2D eigenvalue weighted by atomic mass is 9.84. The van der Waals surface area contributed by atoms with Crippen LogP contribution in [0.3, 0.4) is 0 Å². The molecule has 5 N–H and O–H groups in total. The molecule has 0 aromatic carbocycles. The van der Waals surface area contributed by atoms with Crippen molar-refractivity contribution in [3.63, 3.8) is 0 Å². The molecule has 0 aromatic heterocycles. The second-order valence-corrected chi connectivity index (χ2v) is 25.7. The molecule has 85 heavy (non-hydrogen) atoms. The van der Waals surface area contributed by atoms with E-state index in [1.807, 2.05) is 67.5 Å². The van der Waals surface area contributed by atoms with E-state index < -0.39 is 156 Å². The predicted molar refractivity (Wildman–Crippen MR) is 328 cm³/mol. The van der Waals surface area contributed by atoms with Crippen LogP contribution in [0.25, 0.3) is 0 Å². The lowest BCUT2D eigenvalue weighted by Crippen LogP contribution is -2.63. The molecule has 4 unspecified atom stereocenters. The second-order valence-electron chi connectivity index (χ2n) is 25.7. The van der Waals surface area contributed by atoms with Gasteiger partial charge < -0.3 is 60.7 Å². The minimum Gasteiger partial charge on any atom is -0.391 e. The Morgan fingerprint density at radius 2 is 0.941 bits per heavy atom. The molecule has 0 spiro atoms. The van der Waals surface area contributed by atoms with E-state index in [4.69, 9.17) is 0 Å². The number of hydrogen-bond donors (Lipinski definition) is 5. The number of carbonyl (C=O) groups excluding carboxylic acids is 11. The van der Waals surface area contributed by atoms with E-state index in [0.717, 1.165) is 9.80 Å². The van der Waals surface area contributed by atoms with Gasteiger partial charge in [0, 0.05) is 48.8 Å². The Kier molecular flexibility index (Phi) is 31.5. The number of aliphatic hydroxyl groups is 1. The Morgan fingerprint density at radius 1 is 0.494 bits per heavy atom. The molecule has 1 saturated heterocycles. The van der Waals surface area contributed by atoms with Crippen LogP contribution in [0.5, 0.6) is 0 Å². The Hall–Kier alpha value is -6.13. The van der Waals surface area contributed by atoms with Gasteiger partial charge in [-0.1, -0.05) is 102 Å². The van der Waals surface area contributed by atoms with Crippen molar-refractivity contribution in [2.45, 2.75) is 223 Å². The van der Waals surface area contributed by atoms with Crippen LogP contribution in [-0.4, -0.2) is 226 Å². The van der Waals surface area contributed by atoms with Crippen molar-refractivity contribution in [3.8, 4) is 0 Å². The molecule has 23 heteroatoms. The smallest absolute Gasteiger partial charge is 0.248 e. The lowest BCUT2D eigenvalue weighted by molar-refractivity contribution is -0.158. The Morgan fingerprint density at radius 3 is 1.39 bits per heavy atom. The van der Waals surface area contributed by atoms with Crippen LogP contribution >= 0.6 is 0 Å². The summed E-state index contributed by atoms with van der Waals surface area (Å²) in [6, 6.07) is -12.4. The zero-order valence-corrected chi connectivity index (χ0v) is 56.1. The second kappa shape index (κ2) is 34.9. The highest BCUT2D eigenvalue weighted by atomic mass is 16.3. The molecule has 23 nitrogen and oxygen atoms in total. The molecular weight excluding hydrogens is 1090 g/mol. The van der Waals surface area contributed by atoms with E-state index >= 15 is 9.59 Å². The largest absolute Gasteiger partial charge is 0.391 e. The highest BCUT2D eigenvalue weighted by Gasteiger charge is 2.46. The molecule has 11 amide bonds. The number of likely N-dealkylation sites (N-methyl/N-ethyl adjacent to an activating group) is 7. The number of nitrogens with one attached hydrogen (secondary N) is 4. The minimum absolute atomic E-state index is 0.0305. The fourth-order valence-corrected chi connectivity index (χ4v) is 11.0. The molecule has 1 aliphatic rings. The summed E-state index contributed by atoms with van der Waals surface area (Å²) in [5, 5.41) is 22.6. The summed E-state index contributed by atoms with van der Waals surface area (Å²) in [5.41, 5.74) is 0. The summed E-state index contributed by atoms with van der Waals surface area (Å²) in [6.45, 7) is 30.7. The number of carbonyl (C=O) groups is 11. The first-order valence-electron chi connectivity index (χ1n) is 30.7. The third kappa shape index (κ3) is 21.1. The molecule has 0 aliphatic carbocycles. The lowest BCUT2D eigenvalue weighted by Gasteiger charge is -2.41. The van der Waals surface area contributed by atoms with Gasteiger partial charge in [0.05, 0.1) is 12.6 Å². The number of amides is 11. The van der Waals surface area contributed by atoms with Gasteiger partial charge in [0.2, 0.25) is 65.0 Å². The third-order valence-electron chi connectivity index (χ3n) is 16.4. The first-order chi connectivity index (χ1) is 39.3. The van der Waals surface area contributed by atoms with Crippen LogP contribution in [0, 0.1) is 41.4 Å². The van der Waals surface area contributed by atoms with Gasteiger partial charge in [0.15, 0.2) is 0 Å². The normalized spacial score (nSPS) is 27.2. The Bertz CT molecular complexity index is 2330. The fraction of sp³-hybridized carbons (Fsp3) is 0.790. The number of nitrogens with zero attached hydrogens (tertiary/aromatic N) is 7. The topological polar surface area (TPSA) is 279 Å². The highest BCUT2D eigenvalue weighted by molar-refractivity contribution is 5.99. The van der Waals surface area contributed by atoms with E-state index in [2.05, 4.69) is 21.3 Å². The molecule has 0 radical (unpaired) electrons. The zero-order chi connectivity index (χ0) is 66.0. The van der Waals surface area contributed by atoms with Gasteiger partial charge in [-0.2, -0.15) is 0 Å². The molecule has 1 aliphatic heterocycles. The van der Waals surface area contributed by atoms with Gasteiger partial charge in [-0.25, -0.2) is 0 Å². The Labute approximate surface area is 508 Å². The molecule has 13 atom stereocenters. The number of hydrogen-bond acceptors (Lipinski definition) is 12. The van der Waals surface area contributed by atoms with Gasteiger partial charge in [0.1, 0.15) is 60.4 Å². The summed E-state index contributed by atoms with van der Waals surface area (Å²) in [5.74, 6) is -9.70. The molecule has 486 valence electrons. The van der Waals surface area contributed by atoms with Crippen molar-refractivity contribution in [2.75, 3.05) is 55.4 Å². The Balaban J connectivity index is 4.34. The monoisotopic (exact) mass is 1200 g/mol. The van der Waals surface area contributed by atoms with E-state index in [1.54, 1.807) is 48.5 Å². The first-order valence-corrected chi connectivity index (χ1v) is 30.7. The predicted octanol–water partition coefficient (Wildman–Crippen LogP) is 3.27. The summed E-state index contributed by atoms with van der Waals surface area (Å²) in [6.07, 6.45) is 3.26. The van der Waals surface area contributed by atoms with Crippen molar-refractivity contribution < 1.29 is 57.8 Å². The summed E-state index contributed by atoms with van der Waals surface area (Å²) < 4.78 is 0. The fourth-order valence-electron chi connectivity index (χ4n) is 11.0. The van der Waals surface area contributed by atoms with E-state index in [-0.39, 0.29) is 55.9 Å². The number of aliphatic hydroxyl groups excluding tert-OH is 1. The highest BCUT2D eigenvalue weighted by Crippen LogP contribution is 2.27. The van der Waals surface area contributed by atoms with Crippen LogP contribution in [0.2, 0.25) is 0 Å². The van der Waals surface area contributed by atoms with Gasteiger partial charge in [-0.3, -0.25) is 52.7 Å². The number of rotatable bonds is 15. The van der Waals surface area contributed by atoms with Crippen LogP contribution in [0.15, 0.2) is 12.2 Å². The molecule has 1 rings (SSSR count). The maximum absolute atomic E-state index is 15.1. The third-order valence-corrected chi connectivity index (χ3v) is 16.4. The summed E-state index contributed by atoms with van der Waals surface area (Å²) in [7, 11) is 8.44. The zero-order valence-electron chi connectivity index (χ0n) is 56.1. The SMILES string of the molecule is C/C=C/C[C@@H](C)[C@H](C)[C@@H]1C(=O)N[C@@H](CC)C(=O)N(C)CC(=O)N(CC)C(C(C)C)C(=O)NC(C(C)C)C(=O)N(C)[C@@H](CC(C)C)C(=O)N[C@@H](C)C(=O)N[C@@H](C)C(=O)N(C)[C@@H](CC(C)C)C(=O)N(C)[C@@H](CC(C)C)C(=O)N(C)C(C(C)O)C(=O)N1C. The van der Waals surface area contributed by atoms with E-state index in [0.29, 0.717) is 6.42 Å². The standard InChI is InChI=1S/C62H111N11O12/c1-25-28-29-39(14)40(15)51-56(79)65-44(26-2)58(81)67(19)33-48(75)73(27-3)50(38(12)13)55(78)66-49(37(10)11)61(84)68(20)45(30-34(4)5)54(77)63-41(16)53(76)64-42(17)57(80)69(21)46(31-35(6)7)59(82)70(22)47(32-36(8)9)60(83)72(24)52(43(18)74)62(85)71(51)23/h25,28,34-47,49-52,74H,26-27,29-33H2,1-24H3,(H,63,77)(H,64,76)(H,65,79)(H,66,78)/b28-25+/t39-,40+,41+,42+,43?,44+,45+,46+,47+,49?,50?,51-,52?/m1/s1. The van der Waals surface area contributed by atoms with Gasteiger partial charge in [-0.15, -0.1) is 0 Å². The van der Waals surface area contributed by atoms with Crippen molar-refractivity contribution in [1.29, 1.82) is 0 Å². The molecule has 0 bridgehead atoms. The van der Waals surface area contributed by atoms with Gasteiger partial charge >= 0.3 is 0 Å². The van der Waals surface area contributed by atoms with Crippen LogP contribution < -0.4 is 21.3 Å². The van der Waals surface area contributed by atoms with E-state index in [9.17, 15) is 48.3 Å². The molecule has 1 heterocycles. The van der Waals surface area contributed by atoms with Crippen molar-refractivity contribution in [1.82, 2.24) is 55.6 Å². The van der Waals surface area contributed by atoms with E-state index in [1.165, 1.54) is 87.6 Å². The molecule has 0 aromatic rings. The maximum atomic E-state index is 15.1. The molecule has 1 fully saturated rings. The van der Waals surface area contributed by atoms with Crippen LogP contribution in [0.4, 0.5) is 0 Å². The van der Waals surface area contributed by atoms with Crippen molar-refractivity contribution in [3.05, 3.63) is 12.2 Å². The van der Waals surface area contributed by atoms with Crippen molar-refractivity contribution in [2.24, 2.45) is 41.4 Å². The van der Waals surface area contributed by atoms with Crippen LogP contribution in [-0.2, 0) is 52.7 Å². The van der Waals surface area contributed by atoms with Gasteiger partial charge in [-0.05, 0) is 108 Å². The molecular formula is C62H111N11O12. The van der Waals surface area contributed by atoms with Gasteiger partial charge in [0.25, 0.3) is 0 Å². The molecule has 0 saturated carbocycles. The number of allylic oxidation sites excluding steroid dienone is 2. The summed E-state index contributed by atoms with van der Waals surface area (Å²) >= 11 is 0. The van der Waals surface area contributed by atoms with Crippen LogP contribution in [0.1, 0.15) is 157 Å². The summed E-state index contributed by atoms with van der Waals surface area (Å²) in [4.78, 5) is 169. The average molecular weight is 1200 g/mol.